The molecule has 0 atom stereocenters. The van der Waals surface area contributed by atoms with Crippen molar-refractivity contribution < 1.29 is 4.42 Å². The highest BCUT2D eigenvalue weighted by atomic mass is 16.3. The zero-order valence-electron chi connectivity index (χ0n) is 9.00. The quantitative estimate of drug-likeness (QED) is 0.585. The monoisotopic (exact) mass is 205 g/mol. The molecule has 1 aromatic heterocycles. The predicted molar refractivity (Wildman–Crippen MR) is 59.5 cm³/mol. The van der Waals surface area contributed by atoms with E-state index < -0.39 is 0 Å². The Labute approximate surface area is 88.7 Å². The van der Waals surface area contributed by atoms with Gasteiger partial charge in [0.1, 0.15) is 5.52 Å². The van der Waals surface area contributed by atoms with Gasteiger partial charge in [-0.2, -0.15) is 0 Å². The average Bonchev–Trinajstić information content (AvgIpc) is 2.57. The fraction of sp³-hybridized carbons (Fsp3) is 0.364. The van der Waals surface area contributed by atoms with E-state index >= 15 is 0 Å². The molecular formula is C11H15N3O. The largest absolute Gasteiger partial charge is 0.441 e. The van der Waals surface area contributed by atoms with Gasteiger partial charge in [0.25, 0.3) is 0 Å². The van der Waals surface area contributed by atoms with Crippen LogP contribution in [-0.2, 0) is 6.54 Å². The van der Waals surface area contributed by atoms with Gasteiger partial charge in [-0.15, -0.1) is 0 Å². The number of nitrogens with zero attached hydrogens (tertiary/aromatic N) is 1. The zero-order chi connectivity index (χ0) is 10.7. The molecule has 2 aromatic rings. The summed E-state index contributed by atoms with van der Waals surface area (Å²) in [5, 5.41) is 6.29. The molecule has 80 valence electrons. The molecule has 2 rings (SSSR count). The van der Waals surface area contributed by atoms with Gasteiger partial charge in [-0.05, 0) is 24.7 Å². The van der Waals surface area contributed by atoms with Crippen molar-refractivity contribution in [3.8, 4) is 0 Å². The summed E-state index contributed by atoms with van der Waals surface area (Å²) < 4.78 is 5.40. The van der Waals surface area contributed by atoms with Gasteiger partial charge in [0.05, 0.1) is 0 Å². The Morgan fingerprint density at radius 2 is 2.27 bits per heavy atom. The number of oxazole rings is 1. The van der Waals surface area contributed by atoms with Crippen molar-refractivity contribution in [2.24, 2.45) is 0 Å². The molecule has 1 aromatic carbocycles. The lowest BCUT2D eigenvalue weighted by atomic mass is 10.2. The number of hydrogen-bond acceptors (Lipinski definition) is 4. The summed E-state index contributed by atoms with van der Waals surface area (Å²) in [4.78, 5) is 4.29. The topological polar surface area (TPSA) is 50.1 Å². The summed E-state index contributed by atoms with van der Waals surface area (Å²) in [5.74, 6) is 0.713. The highest BCUT2D eigenvalue weighted by Crippen LogP contribution is 2.16. The summed E-state index contributed by atoms with van der Waals surface area (Å²) in [5.41, 5.74) is 2.99. The number of nitrogens with one attached hydrogen (secondary N) is 2. The van der Waals surface area contributed by atoms with Crippen LogP contribution in [0.3, 0.4) is 0 Å². The molecule has 0 saturated carbocycles. The van der Waals surface area contributed by atoms with Gasteiger partial charge in [0.2, 0.25) is 0 Å². The molecule has 0 spiro atoms. The lowest BCUT2D eigenvalue weighted by molar-refractivity contribution is 0.561. The molecule has 4 heteroatoms. The Hall–Kier alpha value is -1.39. The number of hydrogen-bond donors (Lipinski definition) is 2. The summed E-state index contributed by atoms with van der Waals surface area (Å²) in [7, 11) is 1.91. The van der Waals surface area contributed by atoms with Gasteiger partial charge >= 0.3 is 0 Å². The summed E-state index contributed by atoms with van der Waals surface area (Å²) in [6.07, 6.45) is 0. The van der Waals surface area contributed by atoms with Crippen LogP contribution in [0.15, 0.2) is 22.6 Å². The summed E-state index contributed by atoms with van der Waals surface area (Å²) in [6.45, 7) is 3.50. The molecule has 0 saturated heterocycles. The van der Waals surface area contributed by atoms with E-state index in [0.29, 0.717) is 5.89 Å². The minimum atomic E-state index is 0.713. The Morgan fingerprint density at radius 3 is 3.07 bits per heavy atom. The predicted octanol–water partition coefficient (Wildman–Crippen LogP) is 1.40. The molecule has 0 amide bonds. The van der Waals surface area contributed by atoms with Crippen LogP contribution >= 0.6 is 0 Å². The lowest BCUT2D eigenvalue weighted by Gasteiger charge is -2.02. The van der Waals surface area contributed by atoms with Crippen molar-refractivity contribution in [3.05, 3.63) is 29.7 Å². The van der Waals surface area contributed by atoms with Gasteiger partial charge in [0, 0.05) is 20.1 Å². The molecule has 15 heavy (non-hydrogen) atoms. The number of benzene rings is 1. The van der Waals surface area contributed by atoms with E-state index in [1.54, 1.807) is 0 Å². The van der Waals surface area contributed by atoms with Crippen molar-refractivity contribution in [1.82, 2.24) is 15.6 Å². The molecule has 2 N–H and O–H groups in total. The van der Waals surface area contributed by atoms with Gasteiger partial charge < -0.3 is 15.1 Å². The van der Waals surface area contributed by atoms with Crippen molar-refractivity contribution in [1.29, 1.82) is 0 Å². The molecule has 0 fully saturated rings. The van der Waals surface area contributed by atoms with E-state index in [4.69, 9.17) is 4.42 Å². The molecule has 0 radical (unpaired) electrons. The van der Waals surface area contributed by atoms with Crippen LogP contribution in [0, 0.1) is 6.92 Å². The molecule has 4 nitrogen and oxygen atoms in total. The van der Waals surface area contributed by atoms with Crippen LogP contribution in [0.2, 0.25) is 0 Å². The van der Waals surface area contributed by atoms with Gasteiger partial charge in [-0.25, -0.2) is 4.98 Å². The second kappa shape index (κ2) is 4.42. The van der Waals surface area contributed by atoms with E-state index in [2.05, 4.69) is 27.8 Å². The smallest absolute Gasteiger partial charge is 0.192 e. The zero-order valence-corrected chi connectivity index (χ0v) is 9.00. The Morgan fingerprint density at radius 1 is 1.40 bits per heavy atom. The molecule has 0 aliphatic carbocycles. The summed E-state index contributed by atoms with van der Waals surface area (Å²) >= 11 is 0. The highest BCUT2D eigenvalue weighted by molar-refractivity contribution is 5.73. The van der Waals surface area contributed by atoms with Gasteiger partial charge in [0.15, 0.2) is 11.5 Å². The van der Waals surface area contributed by atoms with E-state index in [9.17, 15) is 0 Å². The summed E-state index contributed by atoms with van der Waals surface area (Å²) in [6, 6.07) is 6.07. The van der Waals surface area contributed by atoms with Crippen LogP contribution in [0.4, 0.5) is 0 Å². The highest BCUT2D eigenvalue weighted by Gasteiger charge is 2.02. The second-order valence-electron chi connectivity index (χ2n) is 3.49. The average molecular weight is 205 g/mol. The van der Waals surface area contributed by atoms with Crippen molar-refractivity contribution in [2.45, 2.75) is 13.5 Å². The molecule has 0 bridgehead atoms. The van der Waals surface area contributed by atoms with Crippen molar-refractivity contribution in [3.63, 3.8) is 0 Å². The van der Waals surface area contributed by atoms with E-state index in [1.165, 1.54) is 5.56 Å². The Bertz CT molecular complexity index is 450. The van der Waals surface area contributed by atoms with E-state index in [-0.39, 0.29) is 0 Å². The maximum Gasteiger partial charge on any atom is 0.192 e. The first-order valence-electron chi connectivity index (χ1n) is 5.01. The number of fused-ring (bicyclic) bond motifs is 1. The number of aryl methyl sites for hydroxylation is 1. The molecule has 0 unspecified atom stereocenters. The van der Waals surface area contributed by atoms with Crippen LogP contribution in [0.1, 0.15) is 11.5 Å². The maximum atomic E-state index is 5.40. The SMILES string of the molecule is CNCNCc1ccc2oc(C)nc2c1. The van der Waals surface area contributed by atoms with E-state index in [0.717, 1.165) is 24.3 Å². The fourth-order valence-electron chi connectivity index (χ4n) is 1.53. The molecular weight excluding hydrogens is 190 g/mol. The Balaban J connectivity index is 2.15. The fourth-order valence-corrected chi connectivity index (χ4v) is 1.53. The number of aromatic nitrogens is 1. The van der Waals surface area contributed by atoms with Gasteiger partial charge in [-0.1, -0.05) is 6.07 Å². The maximum absolute atomic E-state index is 5.40. The van der Waals surface area contributed by atoms with Crippen LogP contribution in [0.5, 0.6) is 0 Å². The normalized spacial score (nSPS) is 11.1. The first-order chi connectivity index (χ1) is 7.29. The van der Waals surface area contributed by atoms with Crippen LogP contribution in [-0.4, -0.2) is 18.7 Å². The van der Waals surface area contributed by atoms with E-state index in [1.807, 2.05) is 20.0 Å². The van der Waals surface area contributed by atoms with Crippen LogP contribution in [0.25, 0.3) is 11.1 Å². The molecule has 0 aliphatic heterocycles. The van der Waals surface area contributed by atoms with Crippen molar-refractivity contribution in [2.75, 3.05) is 13.7 Å². The minimum Gasteiger partial charge on any atom is -0.441 e. The Kier molecular flexibility index (Phi) is 2.99. The molecule has 0 aliphatic rings. The number of rotatable bonds is 4. The third kappa shape index (κ3) is 2.34. The van der Waals surface area contributed by atoms with Crippen LogP contribution < -0.4 is 10.6 Å². The first kappa shape index (κ1) is 10.1. The van der Waals surface area contributed by atoms with Gasteiger partial charge in [-0.3, -0.25) is 0 Å². The first-order valence-corrected chi connectivity index (χ1v) is 5.01. The third-order valence-electron chi connectivity index (χ3n) is 2.19. The molecule has 1 heterocycles. The lowest BCUT2D eigenvalue weighted by Crippen LogP contribution is -2.25. The third-order valence-corrected chi connectivity index (χ3v) is 2.19. The van der Waals surface area contributed by atoms with Crippen molar-refractivity contribution >= 4 is 11.1 Å². The second-order valence-corrected chi connectivity index (χ2v) is 3.49. The minimum absolute atomic E-state index is 0.713. The standard InChI is InChI=1S/C11H15N3O/c1-8-14-10-5-9(6-13-7-12-2)3-4-11(10)15-8/h3-5,12-13H,6-7H2,1-2H3.